The number of aliphatic imine (C=N–C) groups is 1. The highest BCUT2D eigenvalue weighted by Gasteiger charge is 2.26. The Labute approximate surface area is 90.4 Å². The molecule has 2 unspecified atom stereocenters. The van der Waals surface area contributed by atoms with Crippen LogP contribution in [-0.4, -0.2) is 25.9 Å². The molecule has 1 heterocycles. The van der Waals surface area contributed by atoms with Crippen LogP contribution in [-0.2, 0) is 0 Å². The lowest BCUT2D eigenvalue weighted by molar-refractivity contribution is -0.824. The van der Waals surface area contributed by atoms with Crippen LogP contribution in [0.2, 0.25) is 0 Å². The second kappa shape index (κ2) is 3.66. The average molecular weight is 205 g/mol. The lowest BCUT2D eigenvalue weighted by Crippen LogP contribution is -3.09. The highest BCUT2D eigenvalue weighted by atomic mass is 16.5. The molecule has 1 aromatic rings. The minimum atomic E-state index is 0.435. The Hall–Kier alpha value is -1.35. The van der Waals surface area contributed by atoms with Crippen LogP contribution in [0.5, 0.6) is 5.75 Å². The number of ether oxygens (including phenoxy) is 1. The SMILES string of the molecule is COc1ccc2c(c1)[NH+](C)C(C)C(C)=N2. The number of quaternary nitrogens is 1. The molecule has 0 saturated carbocycles. The molecule has 1 aromatic carbocycles. The largest absolute Gasteiger partial charge is 0.497 e. The van der Waals surface area contributed by atoms with Crippen LogP contribution in [0.25, 0.3) is 0 Å². The summed E-state index contributed by atoms with van der Waals surface area (Å²) < 4.78 is 5.23. The molecule has 3 heteroatoms. The number of hydrogen-bond donors (Lipinski definition) is 1. The molecule has 15 heavy (non-hydrogen) atoms. The van der Waals surface area contributed by atoms with Gasteiger partial charge >= 0.3 is 0 Å². The van der Waals surface area contributed by atoms with Crippen LogP contribution < -0.4 is 9.64 Å². The number of fused-ring (bicyclic) bond motifs is 1. The van der Waals surface area contributed by atoms with E-state index in [-0.39, 0.29) is 0 Å². The standard InChI is InChI=1S/C12H16N2O/c1-8-9(2)14(3)12-7-10(15-4)5-6-11(12)13-8/h5-7,9H,1-4H3/p+1. The first-order chi connectivity index (χ1) is 7.13. The van der Waals surface area contributed by atoms with Crippen molar-refractivity contribution in [3.8, 4) is 5.75 Å². The Bertz CT molecular complexity index is 412. The zero-order valence-electron chi connectivity index (χ0n) is 9.66. The van der Waals surface area contributed by atoms with Gasteiger partial charge in [0, 0.05) is 6.07 Å². The van der Waals surface area contributed by atoms with Gasteiger partial charge in [0.2, 0.25) is 0 Å². The van der Waals surface area contributed by atoms with Gasteiger partial charge < -0.3 is 4.74 Å². The summed E-state index contributed by atoms with van der Waals surface area (Å²) >= 11 is 0. The maximum atomic E-state index is 5.23. The molecule has 1 N–H and O–H groups in total. The molecule has 0 aromatic heterocycles. The first-order valence-corrected chi connectivity index (χ1v) is 5.20. The number of nitrogens with one attached hydrogen (secondary N) is 1. The first kappa shape index (κ1) is 10.2. The molecule has 1 aliphatic heterocycles. The van der Waals surface area contributed by atoms with Gasteiger partial charge in [-0.3, -0.25) is 4.90 Å². The lowest BCUT2D eigenvalue weighted by Gasteiger charge is -2.26. The summed E-state index contributed by atoms with van der Waals surface area (Å²) in [5.74, 6) is 0.898. The molecule has 2 rings (SSSR count). The number of benzene rings is 1. The third kappa shape index (κ3) is 1.63. The highest BCUT2D eigenvalue weighted by molar-refractivity contribution is 5.91. The highest BCUT2D eigenvalue weighted by Crippen LogP contribution is 2.28. The topological polar surface area (TPSA) is 26.0 Å². The third-order valence-corrected chi connectivity index (χ3v) is 3.20. The Kier molecular flexibility index (Phi) is 2.49. The Morgan fingerprint density at radius 2 is 2.13 bits per heavy atom. The summed E-state index contributed by atoms with van der Waals surface area (Å²) in [6, 6.07) is 6.48. The fourth-order valence-corrected chi connectivity index (χ4v) is 1.89. The minimum absolute atomic E-state index is 0.435. The summed E-state index contributed by atoms with van der Waals surface area (Å²) in [7, 11) is 3.86. The van der Waals surface area contributed by atoms with Gasteiger partial charge in [0.05, 0.1) is 19.9 Å². The third-order valence-electron chi connectivity index (χ3n) is 3.20. The van der Waals surface area contributed by atoms with Crippen LogP contribution >= 0.6 is 0 Å². The Balaban J connectivity index is 2.52. The second-order valence-corrected chi connectivity index (χ2v) is 4.04. The molecule has 3 nitrogen and oxygen atoms in total. The van der Waals surface area contributed by atoms with Gasteiger partial charge in [-0.1, -0.05) is 0 Å². The number of rotatable bonds is 1. The van der Waals surface area contributed by atoms with Crippen molar-refractivity contribution in [3.05, 3.63) is 18.2 Å². The monoisotopic (exact) mass is 205 g/mol. The van der Waals surface area contributed by atoms with Crippen molar-refractivity contribution >= 4 is 17.1 Å². The fourth-order valence-electron chi connectivity index (χ4n) is 1.89. The van der Waals surface area contributed by atoms with Crippen molar-refractivity contribution in [2.45, 2.75) is 19.9 Å². The quantitative estimate of drug-likeness (QED) is 0.735. The van der Waals surface area contributed by atoms with Crippen LogP contribution in [0.15, 0.2) is 23.2 Å². The summed E-state index contributed by atoms with van der Waals surface area (Å²) in [6.45, 7) is 4.28. The molecule has 0 aliphatic carbocycles. The summed E-state index contributed by atoms with van der Waals surface area (Å²) in [5.41, 5.74) is 3.46. The van der Waals surface area contributed by atoms with Crippen molar-refractivity contribution in [1.82, 2.24) is 0 Å². The van der Waals surface area contributed by atoms with Crippen LogP contribution in [0.1, 0.15) is 13.8 Å². The van der Waals surface area contributed by atoms with E-state index in [4.69, 9.17) is 4.74 Å². The van der Waals surface area contributed by atoms with E-state index in [0.717, 1.165) is 11.4 Å². The van der Waals surface area contributed by atoms with Crippen molar-refractivity contribution in [1.29, 1.82) is 0 Å². The molecule has 80 valence electrons. The average Bonchev–Trinajstić information content (AvgIpc) is 2.26. The normalized spacial score (nSPS) is 24.4. The number of methoxy groups -OCH3 is 1. The smallest absolute Gasteiger partial charge is 0.161 e. The van der Waals surface area contributed by atoms with E-state index >= 15 is 0 Å². The van der Waals surface area contributed by atoms with Crippen molar-refractivity contribution < 1.29 is 9.64 Å². The summed E-state index contributed by atoms with van der Waals surface area (Å²) in [4.78, 5) is 5.96. The fraction of sp³-hybridized carbons (Fsp3) is 0.417. The van der Waals surface area contributed by atoms with Crippen molar-refractivity contribution in [2.24, 2.45) is 4.99 Å². The van der Waals surface area contributed by atoms with Crippen LogP contribution in [0.4, 0.5) is 11.4 Å². The molecule has 0 amide bonds. The molecule has 2 atom stereocenters. The molecule has 0 spiro atoms. The van der Waals surface area contributed by atoms with E-state index in [1.807, 2.05) is 12.1 Å². The van der Waals surface area contributed by atoms with E-state index in [2.05, 4.69) is 32.0 Å². The van der Waals surface area contributed by atoms with E-state index in [1.165, 1.54) is 16.3 Å². The molecular weight excluding hydrogens is 188 g/mol. The van der Waals surface area contributed by atoms with Crippen LogP contribution in [0.3, 0.4) is 0 Å². The minimum Gasteiger partial charge on any atom is -0.497 e. The summed E-state index contributed by atoms with van der Waals surface area (Å²) in [5, 5.41) is 0. The number of nitrogens with zero attached hydrogens (tertiary/aromatic N) is 1. The Morgan fingerprint density at radius 1 is 1.40 bits per heavy atom. The van der Waals surface area contributed by atoms with E-state index in [9.17, 15) is 0 Å². The van der Waals surface area contributed by atoms with Gasteiger partial charge in [-0.2, -0.15) is 0 Å². The van der Waals surface area contributed by atoms with Crippen LogP contribution in [0, 0.1) is 0 Å². The second-order valence-electron chi connectivity index (χ2n) is 4.04. The molecule has 1 aliphatic rings. The van der Waals surface area contributed by atoms with E-state index < -0.39 is 0 Å². The molecule has 0 fully saturated rings. The molecular formula is C12H17N2O+. The molecule has 0 bridgehead atoms. The molecule has 0 radical (unpaired) electrons. The van der Waals surface area contributed by atoms with Gasteiger partial charge in [0.25, 0.3) is 0 Å². The van der Waals surface area contributed by atoms with Gasteiger partial charge in [-0.15, -0.1) is 0 Å². The first-order valence-electron chi connectivity index (χ1n) is 5.20. The zero-order valence-corrected chi connectivity index (χ0v) is 9.66. The van der Waals surface area contributed by atoms with Crippen molar-refractivity contribution in [2.75, 3.05) is 14.2 Å². The van der Waals surface area contributed by atoms with Gasteiger partial charge in [0.15, 0.2) is 5.69 Å². The zero-order chi connectivity index (χ0) is 11.0. The van der Waals surface area contributed by atoms with Gasteiger partial charge in [0.1, 0.15) is 17.5 Å². The number of hydrogen-bond acceptors (Lipinski definition) is 2. The van der Waals surface area contributed by atoms with Gasteiger partial charge in [-0.25, -0.2) is 4.99 Å². The predicted molar refractivity (Wildman–Crippen MR) is 61.8 cm³/mol. The Morgan fingerprint density at radius 3 is 2.80 bits per heavy atom. The summed E-state index contributed by atoms with van der Waals surface area (Å²) in [6.07, 6.45) is 0. The van der Waals surface area contributed by atoms with E-state index in [1.54, 1.807) is 7.11 Å². The van der Waals surface area contributed by atoms with E-state index in [0.29, 0.717) is 6.04 Å². The predicted octanol–water partition coefficient (Wildman–Crippen LogP) is 1.34. The van der Waals surface area contributed by atoms with Gasteiger partial charge in [-0.05, 0) is 26.0 Å². The van der Waals surface area contributed by atoms with Crippen molar-refractivity contribution in [3.63, 3.8) is 0 Å². The molecule has 0 saturated heterocycles. The maximum Gasteiger partial charge on any atom is 0.161 e. The lowest BCUT2D eigenvalue weighted by atomic mass is 10.1. The maximum absolute atomic E-state index is 5.23.